The molecule has 1 heterocycles. The van der Waals surface area contributed by atoms with Crippen LogP contribution >= 0.6 is 0 Å². The van der Waals surface area contributed by atoms with Gasteiger partial charge in [0.05, 0.1) is 0 Å². The van der Waals surface area contributed by atoms with Crippen LogP contribution < -0.4 is 5.32 Å². The van der Waals surface area contributed by atoms with E-state index in [0.717, 1.165) is 42.7 Å². The maximum atomic E-state index is 12.5. The molecule has 1 N–H and O–H groups in total. The highest BCUT2D eigenvalue weighted by Gasteiger charge is 2.40. The average molecular weight is 288 g/mol. The Morgan fingerprint density at radius 3 is 2.33 bits per heavy atom. The predicted octanol–water partition coefficient (Wildman–Crippen LogP) is 2.89. The highest BCUT2D eigenvalue weighted by molar-refractivity contribution is 6.10. The second-order valence-electron chi connectivity index (χ2n) is 6.40. The fourth-order valence-corrected chi connectivity index (χ4v) is 2.65. The standard InChI is InChI=1S/C17H24N2O2/c1-12-7-8-14(13(2)11-12)18-15(20)17(3,4)16(21)19-9-5-6-10-19/h7-8,11H,5-6,9-10H2,1-4H3,(H,18,20). The zero-order valence-electron chi connectivity index (χ0n) is 13.3. The average Bonchev–Trinajstić information content (AvgIpc) is 2.94. The van der Waals surface area contributed by atoms with E-state index in [0.29, 0.717) is 0 Å². The van der Waals surface area contributed by atoms with E-state index < -0.39 is 5.41 Å². The number of carbonyl (C=O) groups is 2. The van der Waals surface area contributed by atoms with Crippen LogP contribution in [-0.4, -0.2) is 29.8 Å². The minimum Gasteiger partial charge on any atom is -0.342 e. The third-order valence-corrected chi connectivity index (χ3v) is 4.13. The number of nitrogens with zero attached hydrogens (tertiary/aromatic N) is 1. The van der Waals surface area contributed by atoms with Crippen LogP contribution in [0.2, 0.25) is 0 Å². The fraction of sp³-hybridized carbons (Fsp3) is 0.529. The van der Waals surface area contributed by atoms with Crippen LogP contribution in [0.1, 0.15) is 37.8 Å². The number of anilines is 1. The van der Waals surface area contributed by atoms with Gasteiger partial charge in [0.25, 0.3) is 0 Å². The van der Waals surface area contributed by atoms with Crippen LogP contribution in [0.15, 0.2) is 18.2 Å². The molecule has 1 fully saturated rings. The Labute approximate surface area is 126 Å². The Morgan fingerprint density at radius 2 is 1.76 bits per heavy atom. The molecule has 0 atom stereocenters. The summed E-state index contributed by atoms with van der Waals surface area (Å²) < 4.78 is 0. The Kier molecular flexibility index (Phi) is 4.35. The SMILES string of the molecule is Cc1ccc(NC(=O)C(C)(C)C(=O)N2CCCC2)c(C)c1. The molecule has 1 saturated heterocycles. The highest BCUT2D eigenvalue weighted by atomic mass is 16.2. The van der Waals surface area contributed by atoms with E-state index in [9.17, 15) is 9.59 Å². The van der Waals surface area contributed by atoms with Gasteiger partial charge in [-0.3, -0.25) is 9.59 Å². The van der Waals surface area contributed by atoms with Crippen molar-refractivity contribution in [3.8, 4) is 0 Å². The number of benzene rings is 1. The molecule has 21 heavy (non-hydrogen) atoms. The van der Waals surface area contributed by atoms with E-state index in [1.807, 2.05) is 32.0 Å². The molecule has 0 aromatic heterocycles. The molecule has 1 aliphatic heterocycles. The first-order valence-corrected chi connectivity index (χ1v) is 7.50. The summed E-state index contributed by atoms with van der Waals surface area (Å²) >= 11 is 0. The van der Waals surface area contributed by atoms with E-state index in [1.54, 1.807) is 18.7 Å². The van der Waals surface area contributed by atoms with Crippen LogP contribution in [0, 0.1) is 19.3 Å². The lowest BCUT2D eigenvalue weighted by atomic mass is 9.90. The van der Waals surface area contributed by atoms with Crippen molar-refractivity contribution in [2.45, 2.75) is 40.5 Å². The third kappa shape index (κ3) is 3.26. The summed E-state index contributed by atoms with van der Waals surface area (Å²) in [6.07, 6.45) is 2.06. The minimum absolute atomic E-state index is 0.0812. The fourth-order valence-electron chi connectivity index (χ4n) is 2.65. The highest BCUT2D eigenvalue weighted by Crippen LogP contribution is 2.25. The van der Waals surface area contributed by atoms with Gasteiger partial charge in [0, 0.05) is 18.8 Å². The zero-order valence-corrected chi connectivity index (χ0v) is 13.3. The molecule has 4 heteroatoms. The molecule has 0 saturated carbocycles. The van der Waals surface area contributed by atoms with Crippen LogP contribution in [0.4, 0.5) is 5.69 Å². The van der Waals surface area contributed by atoms with Gasteiger partial charge in [-0.1, -0.05) is 17.7 Å². The topological polar surface area (TPSA) is 49.4 Å². The molecule has 114 valence electrons. The maximum Gasteiger partial charge on any atom is 0.239 e. The van der Waals surface area contributed by atoms with Crippen LogP contribution in [0.3, 0.4) is 0 Å². The van der Waals surface area contributed by atoms with Crippen molar-refractivity contribution in [3.63, 3.8) is 0 Å². The van der Waals surface area contributed by atoms with E-state index in [2.05, 4.69) is 5.32 Å². The normalized spacial score (nSPS) is 15.1. The Bertz CT molecular complexity index is 558. The molecule has 1 aliphatic rings. The maximum absolute atomic E-state index is 12.5. The molecule has 0 bridgehead atoms. The molecule has 2 rings (SSSR count). The first-order valence-electron chi connectivity index (χ1n) is 7.50. The van der Waals surface area contributed by atoms with Crippen molar-refractivity contribution < 1.29 is 9.59 Å². The molecule has 0 unspecified atom stereocenters. The van der Waals surface area contributed by atoms with Crippen LogP contribution in [0.5, 0.6) is 0 Å². The smallest absolute Gasteiger partial charge is 0.239 e. The Morgan fingerprint density at radius 1 is 1.14 bits per heavy atom. The Hall–Kier alpha value is -1.84. The molecule has 1 aromatic carbocycles. The lowest BCUT2D eigenvalue weighted by molar-refractivity contribution is -0.145. The lowest BCUT2D eigenvalue weighted by Gasteiger charge is -2.28. The largest absolute Gasteiger partial charge is 0.342 e. The van der Waals surface area contributed by atoms with Gasteiger partial charge in [0.15, 0.2) is 0 Å². The molecular formula is C17H24N2O2. The van der Waals surface area contributed by atoms with Gasteiger partial charge < -0.3 is 10.2 Å². The van der Waals surface area contributed by atoms with Gasteiger partial charge in [0.1, 0.15) is 5.41 Å². The van der Waals surface area contributed by atoms with Crippen molar-refractivity contribution in [3.05, 3.63) is 29.3 Å². The first-order chi connectivity index (χ1) is 9.82. The summed E-state index contributed by atoms with van der Waals surface area (Å²) in [4.78, 5) is 26.8. The third-order valence-electron chi connectivity index (χ3n) is 4.13. The summed E-state index contributed by atoms with van der Waals surface area (Å²) in [6, 6.07) is 5.86. The van der Waals surface area contributed by atoms with Gasteiger partial charge in [-0.2, -0.15) is 0 Å². The minimum atomic E-state index is -1.04. The molecule has 0 radical (unpaired) electrons. The predicted molar refractivity (Wildman–Crippen MR) is 84.1 cm³/mol. The monoisotopic (exact) mass is 288 g/mol. The number of aryl methyl sites for hydroxylation is 2. The van der Waals surface area contributed by atoms with E-state index in [1.165, 1.54) is 0 Å². The number of rotatable bonds is 3. The second kappa shape index (κ2) is 5.88. The van der Waals surface area contributed by atoms with Gasteiger partial charge in [0.2, 0.25) is 11.8 Å². The lowest BCUT2D eigenvalue weighted by Crippen LogP contribution is -2.46. The van der Waals surface area contributed by atoms with Crippen molar-refractivity contribution in [2.24, 2.45) is 5.41 Å². The summed E-state index contributed by atoms with van der Waals surface area (Å²) in [5.41, 5.74) is 1.89. The van der Waals surface area contributed by atoms with Crippen molar-refractivity contribution in [2.75, 3.05) is 18.4 Å². The number of hydrogen-bond donors (Lipinski definition) is 1. The molecule has 0 aliphatic carbocycles. The van der Waals surface area contributed by atoms with Crippen LogP contribution in [-0.2, 0) is 9.59 Å². The van der Waals surface area contributed by atoms with Gasteiger partial charge in [-0.25, -0.2) is 0 Å². The molecule has 2 amide bonds. The number of hydrogen-bond acceptors (Lipinski definition) is 2. The van der Waals surface area contributed by atoms with Crippen LogP contribution in [0.25, 0.3) is 0 Å². The molecular weight excluding hydrogens is 264 g/mol. The van der Waals surface area contributed by atoms with Crippen molar-refractivity contribution >= 4 is 17.5 Å². The number of likely N-dealkylation sites (tertiary alicyclic amines) is 1. The van der Waals surface area contributed by atoms with E-state index >= 15 is 0 Å². The summed E-state index contributed by atoms with van der Waals surface area (Å²) in [5.74, 6) is -0.325. The van der Waals surface area contributed by atoms with Crippen molar-refractivity contribution in [1.29, 1.82) is 0 Å². The summed E-state index contributed by atoms with van der Waals surface area (Å²) in [6.45, 7) is 8.90. The molecule has 1 aromatic rings. The number of amides is 2. The van der Waals surface area contributed by atoms with Gasteiger partial charge in [-0.15, -0.1) is 0 Å². The summed E-state index contributed by atoms with van der Waals surface area (Å²) in [7, 11) is 0. The Balaban J connectivity index is 2.12. The summed E-state index contributed by atoms with van der Waals surface area (Å²) in [5, 5.41) is 2.90. The van der Waals surface area contributed by atoms with Gasteiger partial charge in [-0.05, 0) is 52.2 Å². The zero-order chi connectivity index (χ0) is 15.6. The number of nitrogens with one attached hydrogen (secondary N) is 1. The second-order valence-corrected chi connectivity index (χ2v) is 6.40. The van der Waals surface area contributed by atoms with Gasteiger partial charge >= 0.3 is 0 Å². The van der Waals surface area contributed by atoms with E-state index in [4.69, 9.17) is 0 Å². The van der Waals surface area contributed by atoms with Crippen molar-refractivity contribution in [1.82, 2.24) is 4.90 Å². The molecule has 0 spiro atoms. The van der Waals surface area contributed by atoms with E-state index in [-0.39, 0.29) is 11.8 Å². The molecule has 4 nitrogen and oxygen atoms in total. The first kappa shape index (κ1) is 15.5. The number of carbonyl (C=O) groups excluding carboxylic acids is 2. The quantitative estimate of drug-likeness (QED) is 0.869.